The molecule has 0 bridgehead atoms. The van der Waals surface area contributed by atoms with Crippen molar-refractivity contribution in [2.45, 2.75) is 32.4 Å². The van der Waals surface area contributed by atoms with Crippen LogP contribution in [0.3, 0.4) is 0 Å². The van der Waals surface area contributed by atoms with Gasteiger partial charge < -0.3 is 25.0 Å². The Balaban J connectivity index is 1.28. The van der Waals surface area contributed by atoms with E-state index >= 15 is 0 Å². The van der Waals surface area contributed by atoms with Gasteiger partial charge >= 0.3 is 5.69 Å². The molecule has 1 aliphatic heterocycles. The van der Waals surface area contributed by atoms with Crippen molar-refractivity contribution in [2.75, 3.05) is 13.1 Å². The number of hydrogen-bond donors (Lipinski definition) is 4. The number of ether oxygens (including phenoxy) is 1. The van der Waals surface area contributed by atoms with Gasteiger partial charge in [0.2, 0.25) is 11.8 Å². The molecule has 1 unspecified atom stereocenters. The molecule has 0 spiro atoms. The Labute approximate surface area is 219 Å². The van der Waals surface area contributed by atoms with Gasteiger partial charge in [-0.2, -0.15) is 0 Å². The number of rotatable bonds is 7. The van der Waals surface area contributed by atoms with E-state index in [1.807, 2.05) is 24.3 Å². The van der Waals surface area contributed by atoms with Gasteiger partial charge in [-0.1, -0.05) is 42.5 Å². The van der Waals surface area contributed by atoms with Crippen molar-refractivity contribution in [3.63, 3.8) is 0 Å². The normalized spacial score (nSPS) is 14.8. The zero-order chi connectivity index (χ0) is 26.6. The molecule has 9 heteroatoms. The molecule has 1 aromatic heterocycles. The minimum Gasteiger partial charge on any atom is -0.493 e. The van der Waals surface area contributed by atoms with E-state index in [2.05, 4.69) is 33.5 Å². The van der Waals surface area contributed by atoms with Crippen LogP contribution >= 0.6 is 0 Å². The molecule has 0 radical (unpaired) electrons. The second-order valence-corrected chi connectivity index (χ2v) is 9.59. The van der Waals surface area contributed by atoms with E-state index in [1.165, 1.54) is 6.92 Å². The molecule has 4 aromatic rings. The quantitative estimate of drug-likeness (QED) is 0.298. The Morgan fingerprint density at radius 3 is 2.42 bits per heavy atom. The number of H-pyrrole nitrogens is 2. The molecule has 2 amide bonds. The van der Waals surface area contributed by atoms with Crippen LogP contribution in [0.25, 0.3) is 10.8 Å². The van der Waals surface area contributed by atoms with Gasteiger partial charge in [0.25, 0.3) is 5.91 Å². The Kier molecular flexibility index (Phi) is 7.17. The highest BCUT2D eigenvalue weighted by Gasteiger charge is 2.33. The van der Waals surface area contributed by atoms with Crippen LogP contribution in [0.15, 0.2) is 71.5 Å². The average molecular weight is 515 g/mol. The van der Waals surface area contributed by atoms with Crippen LogP contribution in [0, 0.1) is 5.92 Å². The highest BCUT2D eigenvalue weighted by molar-refractivity contribution is 5.94. The molecule has 3 aromatic carbocycles. The van der Waals surface area contributed by atoms with E-state index < -0.39 is 11.7 Å². The third-order valence-electron chi connectivity index (χ3n) is 7.18. The third-order valence-corrected chi connectivity index (χ3v) is 7.18. The Morgan fingerprint density at radius 1 is 1.03 bits per heavy atom. The average Bonchev–Trinajstić information content (AvgIpc) is 3.27. The molecule has 196 valence electrons. The van der Waals surface area contributed by atoms with Gasteiger partial charge in [0.1, 0.15) is 18.1 Å². The van der Waals surface area contributed by atoms with Crippen molar-refractivity contribution in [3.8, 4) is 11.6 Å². The minimum atomic E-state index is -0.627. The summed E-state index contributed by atoms with van der Waals surface area (Å²) in [6.07, 6.45) is 1.25. The van der Waals surface area contributed by atoms with Crippen molar-refractivity contribution in [3.05, 3.63) is 94.0 Å². The van der Waals surface area contributed by atoms with E-state index in [4.69, 9.17) is 4.74 Å². The summed E-state index contributed by atoms with van der Waals surface area (Å²) in [7, 11) is 0. The van der Waals surface area contributed by atoms with Gasteiger partial charge in [0.15, 0.2) is 0 Å². The summed E-state index contributed by atoms with van der Waals surface area (Å²) in [5.74, 6) is -0.0762. The molecule has 2 heterocycles. The third kappa shape index (κ3) is 5.41. The van der Waals surface area contributed by atoms with Crippen molar-refractivity contribution in [1.82, 2.24) is 20.2 Å². The number of piperidine rings is 1. The lowest BCUT2D eigenvalue weighted by Crippen LogP contribution is -2.42. The molecular formula is C29H30N4O5. The number of fused-ring (bicyclic) bond motifs is 1. The molecule has 4 N–H and O–H groups in total. The van der Waals surface area contributed by atoms with Gasteiger partial charge in [-0.3, -0.25) is 14.6 Å². The SMILES string of the molecule is CC(=O)N1CCC(C(NC(=O)c2ccc(OCc3cccc4ccccc34)cc2)c2[nH]c(=O)[nH]c2O)CC1. The monoisotopic (exact) mass is 514 g/mol. The summed E-state index contributed by atoms with van der Waals surface area (Å²) < 4.78 is 5.99. The predicted octanol–water partition coefficient (Wildman–Crippen LogP) is 3.87. The fourth-order valence-corrected chi connectivity index (χ4v) is 5.09. The van der Waals surface area contributed by atoms with Crippen molar-refractivity contribution in [2.24, 2.45) is 5.92 Å². The molecule has 1 atom stereocenters. The smallest absolute Gasteiger partial charge is 0.326 e. The number of aromatic hydroxyl groups is 1. The molecule has 0 aliphatic carbocycles. The van der Waals surface area contributed by atoms with Crippen LogP contribution in [0.1, 0.15) is 47.4 Å². The number of hydrogen-bond acceptors (Lipinski definition) is 5. The first-order chi connectivity index (χ1) is 18.4. The summed E-state index contributed by atoms with van der Waals surface area (Å²) in [5.41, 5.74) is 1.18. The standard InChI is InChI=1S/C29H30N4O5/c1-18(34)33-15-13-20(14-16-33)25(26-28(36)32-29(37)31-26)30-27(35)21-9-11-23(12-10-21)38-17-22-7-4-6-19-5-2-3-8-24(19)22/h2-12,20,25,36H,13-17H2,1H3,(H,30,35)(H2,31,32,37). The number of likely N-dealkylation sites (tertiary alicyclic amines) is 1. The Bertz CT molecular complexity index is 1490. The zero-order valence-electron chi connectivity index (χ0n) is 21.1. The van der Waals surface area contributed by atoms with E-state index in [-0.39, 0.29) is 29.3 Å². The maximum absolute atomic E-state index is 13.2. The van der Waals surface area contributed by atoms with E-state index in [0.29, 0.717) is 43.9 Å². The van der Waals surface area contributed by atoms with Crippen LogP contribution in [0.4, 0.5) is 0 Å². The fraction of sp³-hybridized carbons (Fsp3) is 0.276. The van der Waals surface area contributed by atoms with Crippen LogP contribution in [0.2, 0.25) is 0 Å². The van der Waals surface area contributed by atoms with Gasteiger partial charge in [-0.15, -0.1) is 0 Å². The largest absolute Gasteiger partial charge is 0.493 e. The van der Waals surface area contributed by atoms with Crippen LogP contribution in [-0.4, -0.2) is 44.9 Å². The Hall–Kier alpha value is -4.53. The first kappa shape index (κ1) is 25.1. The van der Waals surface area contributed by atoms with Crippen molar-refractivity contribution in [1.29, 1.82) is 0 Å². The lowest BCUT2D eigenvalue weighted by molar-refractivity contribution is -0.130. The topological polar surface area (TPSA) is 128 Å². The van der Waals surface area contributed by atoms with Gasteiger partial charge in [-0.05, 0) is 59.4 Å². The molecule has 1 aliphatic rings. The number of carbonyl (C=O) groups is 2. The highest BCUT2D eigenvalue weighted by Crippen LogP contribution is 2.33. The molecular weight excluding hydrogens is 484 g/mol. The van der Waals surface area contributed by atoms with Gasteiger partial charge in [-0.25, -0.2) is 4.79 Å². The number of benzene rings is 3. The Morgan fingerprint density at radius 2 is 1.74 bits per heavy atom. The van der Waals surface area contributed by atoms with Crippen LogP contribution in [0.5, 0.6) is 11.6 Å². The number of imidazole rings is 1. The van der Waals surface area contributed by atoms with Crippen LogP contribution < -0.4 is 15.7 Å². The van der Waals surface area contributed by atoms with Crippen LogP contribution in [-0.2, 0) is 11.4 Å². The summed E-state index contributed by atoms with van der Waals surface area (Å²) >= 11 is 0. The first-order valence-corrected chi connectivity index (χ1v) is 12.7. The van der Waals surface area contributed by atoms with Crippen molar-refractivity contribution >= 4 is 22.6 Å². The maximum Gasteiger partial charge on any atom is 0.326 e. The zero-order valence-corrected chi connectivity index (χ0v) is 21.1. The lowest BCUT2D eigenvalue weighted by atomic mass is 9.87. The van der Waals surface area contributed by atoms with E-state index in [0.717, 1.165) is 16.3 Å². The second kappa shape index (κ2) is 10.8. The minimum absolute atomic E-state index is 0.00435. The number of amides is 2. The lowest BCUT2D eigenvalue weighted by Gasteiger charge is -2.35. The first-order valence-electron chi connectivity index (χ1n) is 12.7. The maximum atomic E-state index is 13.2. The number of aromatic amines is 2. The summed E-state index contributed by atoms with van der Waals surface area (Å²) in [4.78, 5) is 43.4. The fourth-order valence-electron chi connectivity index (χ4n) is 5.09. The van der Waals surface area contributed by atoms with Crippen molar-refractivity contribution < 1.29 is 19.4 Å². The van der Waals surface area contributed by atoms with Gasteiger partial charge in [0, 0.05) is 25.6 Å². The summed E-state index contributed by atoms with van der Waals surface area (Å²) in [6.45, 7) is 3.02. The van der Waals surface area contributed by atoms with Gasteiger partial charge in [0.05, 0.1) is 6.04 Å². The molecule has 9 nitrogen and oxygen atoms in total. The highest BCUT2D eigenvalue weighted by atomic mass is 16.5. The summed E-state index contributed by atoms with van der Waals surface area (Å²) in [6, 6.07) is 20.5. The molecule has 1 fully saturated rings. The number of carbonyl (C=O) groups excluding carboxylic acids is 2. The number of nitrogens with zero attached hydrogens (tertiary/aromatic N) is 1. The number of nitrogens with one attached hydrogen (secondary N) is 3. The van der Waals surface area contributed by atoms with E-state index in [1.54, 1.807) is 29.2 Å². The second-order valence-electron chi connectivity index (χ2n) is 9.59. The molecule has 38 heavy (non-hydrogen) atoms. The molecule has 5 rings (SSSR count). The number of aromatic nitrogens is 2. The molecule has 0 saturated carbocycles. The predicted molar refractivity (Wildman–Crippen MR) is 143 cm³/mol. The summed E-state index contributed by atoms with van der Waals surface area (Å²) in [5, 5.41) is 15.6. The van der Waals surface area contributed by atoms with E-state index in [9.17, 15) is 19.5 Å². The molecule has 1 saturated heterocycles.